The number of aromatic nitrogens is 4. The summed E-state index contributed by atoms with van der Waals surface area (Å²) >= 11 is 3.46. The highest BCUT2D eigenvalue weighted by Crippen LogP contribution is 2.40. The van der Waals surface area contributed by atoms with Crippen molar-refractivity contribution in [2.45, 2.75) is 33.1 Å². The third-order valence-electron chi connectivity index (χ3n) is 4.53. The monoisotopic (exact) mass is 411 g/mol. The number of halogens is 1. The molecule has 1 aliphatic rings. The lowest BCUT2D eigenvalue weighted by Crippen LogP contribution is -2.25. The first-order valence-corrected chi connectivity index (χ1v) is 9.19. The van der Waals surface area contributed by atoms with Crippen LogP contribution < -0.4 is 5.32 Å². The Morgan fingerprint density at radius 2 is 1.77 bits per heavy atom. The molecule has 0 spiro atoms. The van der Waals surface area contributed by atoms with E-state index in [1.165, 1.54) is 0 Å². The van der Waals surface area contributed by atoms with Crippen LogP contribution in [0.5, 0.6) is 0 Å². The molecule has 0 radical (unpaired) electrons. The maximum absolute atomic E-state index is 12.4. The molecule has 3 aromatic rings. The van der Waals surface area contributed by atoms with Gasteiger partial charge in [0.15, 0.2) is 0 Å². The van der Waals surface area contributed by atoms with Gasteiger partial charge in [-0.15, -0.1) is 0 Å². The van der Waals surface area contributed by atoms with Crippen molar-refractivity contribution in [3.63, 3.8) is 0 Å². The number of nitrogens with zero attached hydrogens (tertiary/aromatic N) is 4. The summed E-state index contributed by atoms with van der Waals surface area (Å²) in [6.45, 7) is 5.80. The van der Waals surface area contributed by atoms with Crippen molar-refractivity contribution in [2.75, 3.05) is 5.32 Å². The van der Waals surface area contributed by atoms with Crippen molar-refractivity contribution in [2.24, 2.45) is 0 Å². The molecule has 0 saturated heterocycles. The third-order valence-corrected chi connectivity index (χ3v) is 5.06. The van der Waals surface area contributed by atoms with E-state index in [9.17, 15) is 4.79 Å². The minimum Gasteiger partial charge on any atom is -0.310 e. The lowest BCUT2D eigenvalue weighted by atomic mass is 9.86. The fourth-order valence-corrected chi connectivity index (χ4v) is 3.74. The van der Waals surface area contributed by atoms with Gasteiger partial charge >= 0.3 is 0 Å². The molecule has 132 valence electrons. The molecular formula is C19H18BrN5O. The third kappa shape index (κ3) is 2.92. The standard InChI is InChI=1S/C19H18BrN5O/c1-10-8-11(2)22-19(21-10)25-18-17(12(3)24-25)15(9-16(26)23-18)13-4-6-14(20)7-5-13/h4-8,15H,9H2,1-3H3,(H,23,26)/t15-/m1/s1. The van der Waals surface area contributed by atoms with Crippen molar-refractivity contribution in [3.05, 3.63) is 63.0 Å². The number of carbonyl (C=O) groups is 1. The molecule has 3 heterocycles. The van der Waals surface area contributed by atoms with Gasteiger partial charge in [0.05, 0.1) is 5.69 Å². The summed E-state index contributed by atoms with van der Waals surface area (Å²) in [5.41, 5.74) is 4.71. The van der Waals surface area contributed by atoms with Gasteiger partial charge in [0, 0.05) is 33.8 Å². The van der Waals surface area contributed by atoms with Crippen molar-refractivity contribution < 1.29 is 4.79 Å². The summed E-state index contributed by atoms with van der Waals surface area (Å²) in [6, 6.07) is 9.99. The van der Waals surface area contributed by atoms with E-state index in [2.05, 4.69) is 36.3 Å². The van der Waals surface area contributed by atoms with Crippen LogP contribution in [0.25, 0.3) is 5.95 Å². The van der Waals surface area contributed by atoms with Gasteiger partial charge < -0.3 is 5.32 Å². The molecule has 6 nitrogen and oxygen atoms in total. The minimum atomic E-state index is -0.0356. The normalized spacial score (nSPS) is 16.3. The minimum absolute atomic E-state index is 0.0315. The average molecular weight is 412 g/mol. The van der Waals surface area contributed by atoms with Crippen molar-refractivity contribution in [3.8, 4) is 5.95 Å². The van der Waals surface area contributed by atoms with Gasteiger partial charge in [0.2, 0.25) is 5.91 Å². The molecule has 1 aromatic carbocycles. The van der Waals surface area contributed by atoms with Gasteiger partial charge in [-0.1, -0.05) is 28.1 Å². The number of nitrogens with one attached hydrogen (secondary N) is 1. The van der Waals surface area contributed by atoms with Crippen molar-refractivity contribution in [1.29, 1.82) is 0 Å². The van der Waals surface area contributed by atoms with Gasteiger partial charge in [0.1, 0.15) is 5.82 Å². The van der Waals surface area contributed by atoms with Gasteiger partial charge in [-0.25, -0.2) is 9.97 Å². The number of anilines is 1. The van der Waals surface area contributed by atoms with E-state index in [0.717, 1.165) is 32.7 Å². The summed E-state index contributed by atoms with van der Waals surface area (Å²) < 4.78 is 2.66. The zero-order valence-corrected chi connectivity index (χ0v) is 16.3. The Labute approximate surface area is 159 Å². The fourth-order valence-electron chi connectivity index (χ4n) is 3.47. The Hall–Kier alpha value is -2.54. The first-order chi connectivity index (χ1) is 12.4. The number of hydrogen-bond donors (Lipinski definition) is 1. The Kier molecular flexibility index (Phi) is 4.11. The molecular weight excluding hydrogens is 394 g/mol. The zero-order valence-electron chi connectivity index (χ0n) is 14.7. The summed E-state index contributed by atoms with van der Waals surface area (Å²) in [5.74, 6) is 1.07. The van der Waals surface area contributed by atoms with Gasteiger partial charge in [0.25, 0.3) is 5.95 Å². The second-order valence-electron chi connectivity index (χ2n) is 6.57. The van der Waals surface area contributed by atoms with Crippen LogP contribution in [-0.4, -0.2) is 25.7 Å². The fraction of sp³-hybridized carbons (Fsp3) is 0.263. The van der Waals surface area contributed by atoms with E-state index in [1.807, 2.05) is 51.1 Å². The Morgan fingerprint density at radius 3 is 2.42 bits per heavy atom. The van der Waals surface area contributed by atoms with Crippen LogP contribution in [-0.2, 0) is 4.79 Å². The average Bonchev–Trinajstić information content (AvgIpc) is 2.91. The molecule has 0 fully saturated rings. The van der Waals surface area contributed by atoms with Crippen molar-refractivity contribution >= 4 is 27.7 Å². The molecule has 1 aliphatic heterocycles. The molecule has 0 saturated carbocycles. The first-order valence-electron chi connectivity index (χ1n) is 8.40. The lowest BCUT2D eigenvalue weighted by Gasteiger charge is -2.24. The first kappa shape index (κ1) is 16.9. The molecule has 1 N–H and O–H groups in total. The van der Waals surface area contributed by atoms with E-state index >= 15 is 0 Å². The van der Waals surface area contributed by atoms with Crippen LogP contribution in [0.2, 0.25) is 0 Å². The number of rotatable bonds is 2. The molecule has 1 atom stereocenters. The quantitative estimate of drug-likeness (QED) is 0.695. The Balaban J connectivity index is 1.88. The molecule has 26 heavy (non-hydrogen) atoms. The van der Waals surface area contributed by atoms with Gasteiger partial charge in [-0.2, -0.15) is 9.78 Å². The smallest absolute Gasteiger partial charge is 0.252 e. The molecule has 2 aromatic heterocycles. The van der Waals surface area contributed by atoms with E-state index in [-0.39, 0.29) is 11.8 Å². The van der Waals surface area contributed by atoms with E-state index < -0.39 is 0 Å². The lowest BCUT2D eigenvalue weighted by molar-refractivity contribution is -0.116. The van der Waals surface area contributed by atoms with Gasteiger partial charge in [-0.05, 0) is 44.5 Å². The van der Waals surface area contributed by atoms with E-state index in [1.54, 1.807) is 4.68 Å². The number of benzene rings is 1. The van der Waals surface area contributed by atoms with Crippen LogP contribution in [0.4, 0.5) is 5.82 Å². The van der Waals surface area contributed by atoms with E-state index in [4.69, 9.17) is 0 Å². The largest absolute Gasteiger partial charge is 0.310 e. The van der Waals surface area contributed by atoms with Crippen LogP contribution in [0.3, 0.4) is 0 Å². The summed E-state index contributed by atoms with van der Waals surface area (Å²) in [7, 11) is 0. The maximum atomic E-state index is 12.4. The number of aryl methyl sites for hydroxylation is 3. The van der Waals surface area contributed by atoms with Crippen LogP contribution in [0, 0.1) is 20.8 Å². The zero-order chi connectivity index (χ0) is 18.4. The molecule has 0 bridgehead atoms. The Bertz CT molecular complexity index is 989. The Morgan fingerprint density at radius 1 is 1.12 bits per heavy atom. The van der Waals surface area contributed by atoms with Crippen molar-refractivity contribution in [1.82, 2.24) is 19.7 Å². The summed E-state index contributed by atoms with van der Waals surface area (Å²) in [5, 5.41) is 7.61. The predicted molar refractivity (Wildman–Crippen MR) is 103 cm³/mol. The highest BCUT2D eigenvalue weighted by Gasteiger charge is 2.33. The van der Waals surface area contributed by atoms with Crippen LogP contribution in [0.15, 0.2) is 34.8 Å². The second-order valence-corrected chi connectivity index (χ2v) is 7.48. The topological polar surface area (TPSA) is 72.7 Å². The second kappa shape index (κ2) is 6.32. The number of amides is 1. The molecule has 1 amide bonds. The highest BCUT2D eigenvalue weighted by atomic mass is 79.9. The summed E-state index contributed by atoms with van der Waals surface area (Å²) in [4.78, 5) is 21.4. The number of carbonyl (C=O) groups excluding carboxylic acids is 1. The molecule has 0 aliphatic carbocycles. The number of fused-ring (bicyclic) bond motifs is 1. The molecule has 0 unspecified atom stereocenters. The summed E-state index contributed by atoms with van der Waals surface area (Å²) in [6.07, 6.45) is 0.398. The number of hydrogen-bond acceptors (Lipinski definition) is 4. The van der Waals surface area contributed by atoms with Gasteiger partial charge in [-0.3, -0.25) is 4.79 Å². The molecule has 7 heteroatoms. The maximum Gasteiger partial charge on any atom is 0.252 e. The van der Waals surface area contributed by atoms with Crippen LogP contribution in [0.1, 0.15) is 40.5 Å². The van der Waals surface area contributed by atoms with Crippen LogP contribution >= 0.6 is 15.9 Å². The van der Waals surface area contributed by atoms with E-state index in [0.29, 0.717) is 18.2 Å². The highest BCUT2D eigenvalue weighted by molar-refractivity contribution is 9.10. The predicted octanol–water partition coefficient (Wildman–Crippen LogP) is 3.82. The molecule has 4 rings (SSSR count). The SMILES string of the molecule is Cc1cc(C)nc(-n2nc(C)c3c2NC(=O)C[C@@H]3c2ccc(Br)cc2)n1.